The van der Waals surface area contributed by atoms with Gasteiger partial charge in [-0.15, -0.1) is 0 Å². The molecule has 1 aromatic heterocycles. The van der Waals surface area contributed by atoms with Gasteiger partial charge >= 0.3 is 5.69 Å². The molecule has 0 atom stereocenters. The van der Waals surface area contributed by atoms with Crippen LogP contribution in [-0.2, 0) is 18.9 Å². The normalized spacial score (nSPS) is 11.5. The molecule has 0 aliphatic heterocycles. The molecule has 33 heavy (non-hydrogen) atoms. The predicted octanol–water partition coefficient (Wildman–Crippen LogP) is 3.34. The van der Waals surface area contributed by atoms with Crippen molar-refractivity contribution in [3.05, 3.63) is 85.3 Å². The van der Waals surface area contributed by atoms with Gasteiger partial charge in [0.05, 0.1) is 11.4 Å². The molecule has 0 aliphatic rings. The van der Waals surface area contributed by atoms with Crippen molar-refractivity contribution in [2.24, 2.45) is 19.1 Å². The Labute approximate surface area is 197 Å². The molecule has 1 heterocycles. The Morgan fingerprint density at radius 2 is 1.82 bits per heavy atom. The lowest BCUT2D eigenvalue weighted by Gasteiger charge is -2.13. The molecule has 0 unspecified atom stereocenters. The van der Waals surface area contributed by atoms with Crippen LogP contribution in [-0.4, -0.2) is 30.9 Å². The molecule has 172 valence electrons. The first-order valence-corrected chi connectivity index (χ1v) is 11.0. The van der Waals surface area contributed by atoms with Gasteiger partial charge in [0.1, 0.15) is 16.4 Å². The minimum Gasteiger partial charge on any atom is -0.494 e. The van der Waals surface area contributed by atoms with Gasteiger partial charge in [0.15, 0.2) is 0 Å². The molecule has 1 amide bonds. The number of anilines is 1. The number of nitrogens with zero attached hydrogens (tertiary/aromatic N) is 3. The summed E-state index contributed by atoms with van der Waals surface area (Å²) in [5.74, 6) is -1.65. The van der Waals surface area contributed by atoms with Crippen molar-refractivity contribution in [3.63, 3.8) is 0 Å². The maximum atomic E-state index is 13.3. The van der Waals surface area contributed by atoms with Crippen molar-refractivity contribution in [2.75, 3.05) is 11.1 Å². The van der Waals surface area contributed by atoms with Gasteiger partial charge in [-0.1, -0.05) is 29.4 Å². The number of benzene rings is 2. The average Bonchev–Trinajstić information content (AvgIpc) is 2.78. The van der Waals surface area contributed by atoms with Crippen LogP contribution in [0.5, 0.6) is 5.88 Å². The molecule has 0 fully saturated rings. The summed E-state index contributed by atoms with van der Waals surface area (Å²) >= 11 is 6.97. The van der Waals surface area contributed by atoms with E-state index in [1.54, 1.807) is 18.2 Å². The molecule has 2 N–H and O–H groups in total. The Morgan fingerprint density at radius 3 is 2.45 bits per heavy atom. The first kappa shape index (κ1) is 24.3. The van der Waals surface area contributed by atoms with E-state index >= 15 is 0 Å². The van der Waals surface area contributed by atoms with Gasteiger partial charge in [-0.25, -0.2) is 14.2 Å². The van der Waals surface area contributed by atoms with Crippen molar-refractivity contribution < 1.29 is 14.3 Å². The van der Waals surface area contributed by atoms with Gasteiger partial charge in [0, 0.05) is 24.8 Å². The van der Waals surface area contributed by atoms with Crippen LogP contribution in [0.25, 0.3) is 0 Å². The molecule has 0 radical (unpaired) electrons. The van der Waals surface area contributed by atoms with Gasteiger partial charge in [0.25, 0.3) is 5.56 Å². The number of carbonyl (C=O) groups is 1. The summed E-state index contributed by atoms with van der Waals surface area (Å²) in [6, 6.07) is 10.2. The van der Waals surface area contributed by atoms with E-state index < -0.39 is 28.9 Å². The fraction of sp³-hybridized carbons (Fsp3) is 0.182. The Kier molecular flexibility index (Phi) is 7.39. The highest BCUT2D eigenvalue weighted by molar-refractivity contribution is 8.15. The molecule has 0 saturated carbocycles. The van der Waals surface area contributed by atoms with Crippen molar-refractivity contribution in [1.29, 1.82) is 0 Å². The van der Waals surface area contributed by atoms with Gasteiger partial charge in [0.2, 0.25) is 11.8 Å². The van der Waals surface area contributed by atoms with E-state index in [0.29, 0.717) is 16.4 Å². The second-order valence-electron chi connectivity index (χ2n) is 7.10. The second-order valence-corrected chi connectivity index (χ2v) is 8.47. The third-order valence-electron chi connectivity index (χ3n) is 4.70. The number of hydrogen-bond donors (Lipinski definition) is 2. The van der Waals surface area contributed by atoms with E-state index in [4.69, 9.17) is 11.6 Å². The summed E-state index contributed by atoms with van der Waals surface area (Å²) in [6.07, 6.45) is 0. The molecule has 0 bridgehead atoms. The van der Waals surface area contributed by atoms with Gasteiger partial charge in [-0.05, 0) is 48.9 Å². The lowest BCUT2D eigenvalue weighted by molar-refractivity contribution is -0.113. The Morgan fingerprint density at radius 1 is 1.15 bits per heavy atom. The average molecular weight is 491 g/mol. The van der Waals surface area contributed by atoms with E-state index in [1.165, 1.54) is 38.4 Å². The molecular weight excluding hydrogens is 471 g/mol. The molecule has 11 heteroatoms. The number of halogens is 2. The monoisotopic (exact) mass is 490 g/mol. The number of aromatic hydroxyl groups is 1. The van der Waals surface area contributed by atoms with Crippen LogP contribution in [0, 0.1) is 12.7 Å². The third-order valence-corrected chi connectivity index (χ3v) is 6.08. The number of aryl methyl sites for hydroxylation is 1. The Balaban J connectivity index is 1.96. The number of rotatable bonds is 5. The number of nitrogens with one attached hydrogen (secondary N) is 1. The summed E-state index contributed by atoms with van der Waals surface area (Å²) in [7, 11) is 2.57. The highest BCUT2D eigenvalue weighted by atomic mass is 35.5. The van der Waals surface area contributed by atoms with Gasteiger partial charge < -0.3 is 10.4 Å². The zero-order valence-electron chi connectivity index (χ0n) is 17.9. The number of hydrogen-bond acceptors (Lipinski definition) is 6. The Hall–Kier alpha value is -3.37. The zero-order valence-corrected chi connectivity index (χ0v) is 19.5. The maximum Gasteiger partial charge on any atom is 0.333 e. The minimum absolute atomic E-state index is 0.00704. The summed E-state index contributed by atoms with van der Waals surface area (Å²) in [5.41, 5.74) is -0.107. The molecule has 0 saturated heterocycles. The summed E-state index contributed by atoms with van der Waals surface area (Å²) in [5, 5.41) is 13.7. The summed E-state index contributed by atoms with van der Waals surface area (Å²) in [6.45, 7) is 1.84. The van der Waals surface area contributed by atoms with E-state index in [1.807, 2.05) is 6.92 Å². The summed E-state index contributed by atoms with van der Waals surface area (Å²) in [4.78, 5) is 41.7. The van der Waals surface area contributed by atoms with Crippen LogP contribution in [0.1, 0.15) is 11.1 Å². The largest absolute Gasteiger partial charge is 0.494 e. The second kappa shape index (κ2) is 10.1. The van der Waals surface area contributed by atoms with Gasteiger partial charge in [-0.3, -0.25) is 18.7 Å². The van der Waals surface area contributed by atoms with Crippen molar-refractivity contribution in [1.82, 2.24) is 9.13 Å². The quantitative estimate of drug-likeness (QED) is 0.421. The minimum atomic E-state index is -0.783. The third kappa shape index (κ3) is 5.52. The zero-order chi connectivity index (χ0) is 24.3. The van der Waals surface area contributed by atoms with E-state index in [-0.39, 0.29) is 16.4 Å². The Bertz CT molecular complexity index is 1370. The maximum absolute atomic E-state index is 13.3. The number of thioether (sulfide) groups is 1. The molecule has 2 aromatic carbocycles. The fourth-order valence-electron chi connectivity index (χ4n) is 2.82. The van der Waals surface area contributed by atoms with Crippen LogP contribution < -0.4 is 16.6 Å². The number of amides is 1. The number of carbonyl (C=O) groups excluding carboxylic acids is 1. The molecule has 3 rings (SSSR count). The number of aromatic nitrogens is 2. The fourth-order valence-corrected chi connectivity index (χ4v) is 3.83. The summed E-state index contributed by atoms with van der Waals surface area (Å²) < 4.78 is 15.0. The van der Waals surface area contributed by atoms with E-state index in [2.05, 4.69) is 10.3 Å². The highest BCUT2D eigenvalue weighted by Crippen LogP contribution is 2.24. The van der Waals surface area contributed by atoms with E-state index in [0.717, 1.165) is 26.5 Å². The molecule has 0 spiro atoms. The van der Waals surface area contributed by atoms with Crippen LogP contribution >= 0.6 is 23.4 Å². The lowest BCUT2D eigenvalue weighted by Crippen LogP contribution is -2.39. The topological polar surface area (TPSA) is 106 Å². The SMILES string of the molecule is Cc1ccc(NC(=O)CSC(=Nc2ccc(F)cc2)c2c(O)n(C)c(=O)n(C)c2=O)cc1Cl. The lowest BCUT2D eigenvalue weighted by atomic mass is 10.2. The number of aliphatic imine (C=N–C) groups is 1. The molecule has 8 nitrogen and oxygen atoms in total. The van der Waals surface area contributed by atoms with Crippen molar-refractivity contribution in [2.45, 2.75) is 6.92 Å². The standard InChI is InChI=1S/C22H20ClFN4O4S/c1-12-4-7-15(10-16(12)23)25-17(29)11-33-19(26-14-8-5-13(24)6-9-14)18-20(30)27(2)22(32)28(3)21(18)31/h4-10,30H,11H2,1-3H3,(H,25,29). The van der Waals surface area contributed by atoms with Crippen molar-refractivity contribution >= 4 is 45.7 Å². The smallest absolute Gasteiger partial charge is 0.333 e. The van der Waals surface area contributed by atoms with Crippen LogP contribution in [0.15, 0.2) is 57.0 Å². The first-order valence-electron chi connectivity index (χ1n) is 9.61. The van der Waals surface area contributed by atoms with Crippen LogP contribution in [0.3, 0.4) is 0 Å². The molecule has 0 aliphatic carbocycles. The van der Waals surface area contributed by atoms with Crippen LogP contribution in [0.2, 0.25) is 5.02 Å². The van der Waals surface area contributed by atoms with E-state index in [9.17, 15) is 23.9 Å². The highest BCUT2D eigenvalue weighted by Gasteiger charge is 2.22. The molecule has 3 aromatic rings. The van der Waals surface area contributed by atoms with Gasteiger partial charge in [-0.2, -0.15) is 0 Å². The van der Waals surface area contributed by atoms with Crippen LogP contribution in [0.4, 0.5) is 15.8 Å². The molecular formula is C22H20ClFN4O4S. The first-order chi connectivity index (χ1) is 15.6. The van der Waals surface area contributed by atoms with Crippen molar-refractivity contribution in [3.8, 4) is 5.88 Å². The predicted molar refractivity (Wildman–Crippen MR) is 128 cm³/mol.